The summed E-state index contributed by atoms with van der Waals surface area (Å²) in [6.07, 6.45) is 0. The van der Waals surface area contributed by atoms with Crippen molar-refractivity contribution in [2.45, 2.75) is 6.92 Å². The van der Waals surface area contributed by atoms with Gasteiger partial charge < -0.3 is 14.6 Å². The molecule has 4 heteroatoms. The average Bonchev–Trinajstić information content (AvgIpc) is 3.71. The van der Waals surface area contributed by atoms with E-state index in [1.54, 1.807) is 0 Å². The van der Waals surface area contributed by atoms with Gasteiger partial charge in [-0.2, -0.15) is 0 Å². The number of furan rings is 1. The molecule has 11 aromatic rings. The molecule has 0 spiro atoms. The molecule has 3 nitrogen and oxygen atoms in total. The molecule has 1 aliphatic heterocycles. The predicted octanol–water partition coefficient (Wildman–Crippen LogP) is 14.6. The summed E-state index contributed by atoms with van der Waals surface area (Å²) in [6.45, 7) is 2.22. The minimum Gasteiger partial charge on any atom is -0.454 e. The second kappa shape index (κ2) is 15.1. The molecular weight excluding hydrogens is 763 g/mol. The molecule has 0 aliphatic carbocycles. The van der Waals surface area contributed by atoms with Gasteiger partial charge in [0.2, 0.25) is 0 Å². The van der Waals surface area contributed by atoms with Gasteiger partial charge >= 0.3 is 0 Å². The SMILES string of the molecule is Cc1cc(-c2ccc3c(oc4cc5ccccc5cc43)c2Nc2ccc(-c3ccccc3)cc2)c2c(c1)N(c1ccc(-c3ccccc3)cc1)c1ccc(-c3ccccc3)cc1B2. The van der Waals surface area contributed by atoms with Crippen LogP contribution in [0.1, 0.15) is 5.56 Å². The van der Waals surface area contributed by atoms with Crippen molar-refractivity contribution in [1.29, 1.82) is 0 Å². The summed E-state index contributed by atoms with van der Waals surface area (Å²) >= 11 is 0. The van der Waals surface area contributed by atoms with Gasteiger partial charge in [-0.3, -0.25) is 0 Å². The average molecular weight is 805 g/mol. The molecule has 0 bridgehead atoms. The Balaban J connectivity index is 1.06. The minimum atomic E-state index is 0.772. The first kappa shape index (κ1) is 36.7. The second-order valence-corrected chi connectivity index (χ2v) is 16.7. The lowest BCUT2D eigenvalue weighted by Gasteiger charge is -2.35. The lowest BCUT2D eigenvalue weighted by molar-refractivity contribution is 0.671. The van der Waals surface area contributed by atoms with Crippen LogP contribution in [0, 0.1) is 6.92 Å². The first-order valence-electron chi connectivity index (χ1n) is 21.7. The van der Waals surface area contributed by atoms with Gasteiger partial charge in [0.15, 0.2) is 12.9 Å². The topological polar surface area (TPSA) is 28.4 Å². The molecule has 63 heavy (non-hydrogen) atoms. The van der Waals surface area contributed by atoms with Crippen LogP contribution in [0.5, 0.6) is 0 Å². The molecule has 0 atom stereocenters. The summed E-state index contributed by atoms with van der Waals surface area (Å²) in [4.78, 5) is 2.47. The quantitative estimate of drug-likeness (QED) is 0.163. The zero-order valence-corrected chi connectivity index (χ0v) is 34.8. The van der Waals surface area contributed by atoms with E-state index in [9.17, 15) is 0 Å². The van der Waals surface area contributed by atoms with Crippen LogP contribution in [0.3, 0.4) is 0 Å². The minimum absolute atomic E-state index is 0.772. The number of nitrogens with one attached hydrogen (secondary N) is 1. The van der Waals surface area contributed by atoms with E-state index in [-0.39, 0.29) is 0 Å². The van der Waals surface area contributed by atoms with Gasteiger partial charge in [-0.15, -0.1) is 0 Å². The Hall–Kier alpha value is -8.08. The monoisotopic (exact) mass is 804 g/mol. The third-order valence-electron chi connectivity index (χ3n) is 12.7. The largest absolute Gasteiger partial charge is 0.454 e. The van der Waals surface area contributed by atoms with Crippen molar-refractivity contribution in [3.63, 3.8) is 0 Å². The molecule has 296 valence electrons. The first-order chi connectivity index (χ1) is 31.1. The molecule has 0 fully saturated rings. The van der Waals surface area contributed by atoms with Crippen LogP contribution in [0.2, 0.25) is 0 Å². The summed E-state index contributed by atoms with van der Waals surface area (Å²) in [5, 5.41) is 8.48. The van der Waals surface area contributed by atoms with Gasteiger partial charge in [0.05, 0.1) is 5.69 Å². The van der Waals surface area contributed by atoms with Crippen LogP contribution in [0.25, 0.3) is 77.2 Å². The van der Waals surface area contributed by atoms with Gasteiger partial charge in [0.1, 0.15) is 5.58 Å². The molecule has 1 aromatic heterocycles. The van der Waals surface area contributed by atoms with Crippen LogP contribution in [-0.2, 0) is 0 Å². The van der Waals surface area contributed by atoms with Crippen LogP contribution < -0.4 is 21.1 Å². The van der Waals surface area contributed by atoms with Crippen molar-refractivity contribution in [1.82, 2.24) is 0 Å². The number of nitrogens with zero attached hydrogens (tertiary/aromatic N) is 1. The highest BCUT2D eigenvalue weighted by Crippen LogP contribution is 2.45. The number of aryl methyl sites for hydroxylation is 1. The lowest BCUT2D eigenvalue weighted by Crippen LogP contribution is -2.41. The molecule has 1 N–H and O–H groups in total. The van der Waals surface area contributed by atoms with Crippen molar-refractivity contribution < 1.29 is 4.42 Å². The van der Waals surface area contributed by atoms with Crippen LogP contribution in [0.15, 0.2) is 223 Å². The van der Waals surface area contributed by atoms with Gasteiger partial charge in [-0.25, -0.2) is 0 Å². The normalized spacial score (nSPS) is 12.0. The van der Waals surface area contributed by atoms with E-state index in [1.807, 2.05) is 0 Å². The number of anilines is 5. The fourth-order valence-corrected chi connectivity index (χ4v) is 9.60. The molecule has 0 unspecified atom stereocenters. The number of rotatable bonds is 7. The standard InChI is InChI=1S/C59H41BN2O/c1-38-33-52(57-55(34-38)62(48-28-23-43(24-29-48)40-15-7-3-8-16-40)54-32-25-46(36-53(54)60-57)41-17-9-4-10-18-41)49-30-31-50-51-35-44-19-11-12-20-45(44)37-56(51)63-59(50)58(49)61-47-26-21-42(22-27-47)39-13-5-2-6-14-39/h2-37,60-61H,1H3. The third kappa shape index (κ3) is 6.56. The molecular formula is C59H41BN2O. The van der Waals surface area contributed by atoms with Crippen LogP contribution in [-0.4, -0.2) is 7.28 Å². The zero-order valence-electron chi connectivity index (χ0n) is 34.8. The molecule has 0 radical (unpaired) electrons. The Kier molecular flexibility index (Phi) is 8.82. The molecule has 0 saturated carbocycles. The molecule has 2 heterocycles. The maximum absolute atomic E-state index is 6.98. The summed E-state index contributed by atoms with van der Waals surface area (Å²) in [6, 6.07) is 78.9. The molecule has 1 aliphatic rings. The summed E-state index contributed by atoms with van der Waals surface area (Å²) in [7, 11) is 0.772. The third-order valence-corrected chi connectivity index (χ3v) is 12.7. The zero-order chi connectivity index (χ0) is 41.9. The van der Waals surface area contributed by atoms with Crippen molar-refractivity contribution in [3.8, 4) is 44.5 Å². The summed E-state index contributed by atoms with van der Waals surface area (Å²) in [5.41, 5.74) is 20.4. The smallest absolute Gasteiger partial charge is 0.198 e. The highest BCUT2D eigenvalue weighted by molar-refractivity contribution is 6.73. The second-order valence-electron chi connectivity index (χ2n) is 16.7. The van der Waals surface area contributed by atoms with Gasteiger partial charge in [-0.1, -0.05) is 169 Å². The van der Waals surface area contributed by atoms with E-state index in [0.717, 1.165) is 57.2 Å². The van der Waals surface area contributed by atoms with E-state index in [1.165, 1.54) is 72.2 Å². The van der Waals surface area contributed by atoms with Crippen molar-refractivity contribution in [2.75, 3.05) is 10.2 Å². The summed E-state index contributed by atoms with van der Waals surface area (Å²) in [5.74, 6) is 0. The van der Waals surface area contributed by atoms with Gasteiger partial charge in [-0.05, 0) is 122 Å². The van der Waals surface area contributed by atoms with E-state index in [2.05, 4.69) is 236 Å². The van der Waals surface area contributed by atoms with Crippen LogP contribution >= 0.6 is 0 Å². The van der Waals surface area contributed by atoms with E-state index >= 15 is 0 Å². The Labute approximate surface area is 367 Å². The van der Waals surface area contributed by atoms with E-state index in [4.69, 9.17) is 4.42 Å². The highest BCUT2D eigenvalue weighted by atomic mass is 16.3. The number of hydrogen-bond acceptors (Lipinski definition) is 3. The maximum atomic E-state index is 6.98. The van der Waals surface area contributed by atoms with E-state index in [0.29, 0.717) is 0 Å². The lowest BCUT2D eigenvalue weighted by atomic mass is 9.57. The predicted molar refractivity (Wildman–Crippen MR) is 269 cm³/mol. The Morgan fingerprint density at radius 3 is 1.68 bits per heavy atom. The first-order valence-corrected chi connectivity index (χ1v) is 21.7. The number of fused-ring (bicyclic) bond motifs is 6. The molecule has 12 rings (SSSR count). The van der Waals surface area contributed by atoms with Crippen molar-refractivity contribution in [3.05, 3.63) is 224 Å². The molecule has 0 saturated heterocycles. The fourth-order valence-electron chi connectivity index (χ4n) is 9.60. The highest BCUT2D eigenvalue weighted by Gasteiger charge is 2.30. The Morgan fingerprint density at radius 1 is 0.444 bits per heavy atom. The Bertz CT molecular complexity index is 3490. The molecule has 10 aromatic carbocycles. The molecule has 0 amide bonds. The summed E-state index contributed by atoms with van der Waals surface area (Å²) < 4.78 is 6.98. The maximum Gasteiger partial charge on any atom is 0.198 e. The van der Waals surface area contributed by atoms with Gasteiger partial charge in [0, 0.05) is 39.1 Å². The van der Waals surface area contributed by atoms with Crippen LogP contribution in [0.4, 0.5) is 28.4 Å². The van der Waals surface area contributed by atoms with Gasteiger partial charge in [0.25, 0.3) is 0 Å². The Morgan fingerprint density at radius 2 is 1.02 bits per heavy atom. The fraction of sp³-hybridized carbons (Fsp3) is 0.0169. The van der Waals surface area contributed by atoms with Crippen molar-refractivity contribution >= 4 is 79.4 Å². The van der Waals surface area contributed by atoms with Crippen molar-refractivity contribution in [2.24, 2.45) is 0 Å². The number of hydrogen-bond donors (Lipinski definition) is 1. The number of benzene rings is 10. The van der Waals surface area contributed by atoms with E-state index < -0.39 is 0 Å².